The molecule has 1 unspecified atom stereocenters. The molecule has 7 heteroatoms. The largest absolute Gasteiger partial charge is 0.497 e. The van der Waals surface area contributed by atoms with E-state index in [0.29, 0.717) is 30.8 Å². The Morgan fingerprint density at radius 1 is 1.25 bits per heavy atom. The third-order valence-electron chi connectivity index (χ3n) is 6.92. The number of hydrogen-bond acceptors (Lipinski definition) is 5. The molecule has 0 spiro atoms. The van der Waals surface area contributed by atoms with Crippen LogP contribution in [0, 0.1) is 29.5 Å². The van der Waals surface area contributed by atoms with Gasteiger partial charge in [0.1, 0.15) is 11.6 Å². The number of fused-ring (bicyclic) bond motifs is 1. The summed E-state index contributed by atoms with van der Waals surface area (Å²) in [6.45, 7) is 1.96. The van der Waals surface area contributed by atoms with Crippen LogP contribution in [0.15, 0.2) is 54.7 Å². The second kappa shape index (κ2) is 12.0. The highest BCUT2D eigenvalue weighted by molar-refractivity contribution is 5.83. The number of carbonyl (C=O) groups is 1. The van der Waals surface area contributed by atoms with Gasteiger partial charge in [0.15, 0.2) is 0 Å². The number of hydrogen-bond donors (Lipinski definition) is 2. The number of aliphatic hydroxyl groups excluding tert-OH is 1. The minimum atomic E-state index is -0.814. The number of piperidine rings is 1. The zero-order chi connectivity index (χ0) is 25.5. The van der Waals surface area contributed by atoms with E-state index in [0.717, 1.165) is 35.9 Å². The summed E-state index contributed by atoms with van der Waals surface area (Å²) in [5.74, 6) is 5.83. The Balaban J connectivity index is 1.39. The molecule has 1 aliphatic heterocycles. The van der Waals surface area contributed by atoms with E-state index in [1.807, 2.05) is 24.3 Å². The lowest BCUT2D eigenvalue weighted by Crippen LogP contribution is -2.41. The summed E-state index contributed by atoms with van der Waals surface area (Å²) in [5, 5.41) is 21.4. The Morgan fingerprint density at radius 2 is 2.11 bits per heavy atom. The van der Waals surface area contributed by atoms with Crippen LogP contribution in [0.2, 0.25) is 0 Å². The standard InChI is InChI=1S/C29H31FN2O4/c1-36-24-8-9-27-26(18-24)25(11-13-31-27)28(33)10-7-21-12-15-32(19-22(21)17-29(34)35)14-3-5-20-4-2-6-23(30)16-20/h2,4,6,8-9,11,13,16,18,21-22,28,33H,7,10,12,14-15,17,19H2,1H3,(H,34,35)/t21-,22+,28?/m1/s1. The molecule has 0 amide bonds. The summed E-state index contributed by atoms with van der Waals surface area (Å²) in [6.07, 6.45) is 3.22. The zero-order valence-corrected chi connectivity index (χ0v) is 20.4. The third-order valence-corrected chi connectivity index (χ3v) is 6.92. The van der Waals surface area contributed by atoms with E-state index in [1.165, 1.54) is 12.1 Å². The van der Waals surface area contributed by atoms with Gasteiger partial charge in [-0.2, -0.15) is 0 Å². The molecule has 2 heterocycles. The molecule has 2 N–H and O–H groups in total. The topological polar surface area (TPSA) is 82.9 Å². The second-order valence-electron chi connectivity index (χ2n) is 9.33. The van der Waals surface area contributed by atoms with Crippen LogP contribution in [0.25, 0.3) is 10.9 Å². The molecule has 1 fully saturated rings. The average Bonchev–Trinajstić information content (AvgIpc) is 2.87. The van der Waals surface area contributed by atoms with Crippen molar-refractivity contribution >= 4 is 16.9 Å². The van der Waals surface area contributed by atoms with E-state index in [2.05, 4.69) is 21.7 Å². The Hall–Kier alpha value is -3.47. The third kappa shape index (κ3) is 6.60. The Kier molecular flexibility index (Phi) is 8.52. The van der Waals surface area contributed by atoms with Crippen molar-refractivity contribution in [3.05, 3.63) is 71.7 Å². The van der Waals surface area contributed by atoms with E-state index in [9.17, 15) is 19.4 Å². The molecule has 0 bridgehead atoms. The number of benzene rings is 2. The Morgan fingerprint density at radius 3 is 2.89 bits per heavy atom. The summed E-state index contributed by atoms with van der Waals surface area (Å²) in [7, 11) is 1.61. The van der Waals surface area contributed by atoms with Gasteiger partial charge in [0, 0.05) is 30.1 Å². The molecule has 3 aromatic rings. The highest BCUT2D eigenvalue weighted by atomic mass is 19.1. The fourth-order valence-corrected chi connectivity index (χ4v) is 5.05. The van der Waals surface area contributed by atoms with Crippen molar-refractivity contribution in [1.82, 2.24) is 9.88 Å². The van der Waals surface area contributed by atoms with Crippen molar-refractivity contribution in [2.45, 2.75) is 31.8 Å². The second-order valence-corrected chi connectivity index (χ2v) is 9.33. The minimum Gasteiger partial charge on any atom is -0.497 e. The molecule has 3 atom stereocenters. The molecular formula is C29H31FN2O4. The summed E-state index contributed by atoms with van der Waals surface area (Å²) < 4.78 is 18.7. The van der Waals surface area contributed by atoms with Crippen molar-refractivity contribution in [3.8, 4) is 17.6 Å². The van der Waals surface area contributed by atoms with Crippen LogP contribution < -0.4 is 4.74 Å². The smallest absolute Gasteiger partial charge is 0.303 e. The maximum absolute atomic E-state index is 13.4. The van der Waals surface area contributed by atoms with Crippen LogP contribution in [0.5, 0.6) is 5.75 Å². The minimum absolute atomic E-state index is 0.0197. The van der Waals surface area contributed by atoms with Gasteiger partial charge in [-0.1, -0.05) is 17.9 Å². The van der Waals surface area contributed by atoms with Gasteiger partial charge in [-0.3, -0.25) is 14.7 Å². The maximum atomic E-state index is 13.4. The van der Waals surface area contributed by atoms with Crippen LogP contribution in [-0.4, -0.2) is 52.8 Å². The van der Waals surface area contributed by atoms with Crippen LogP contribution in [0.1, 0.15) is 42.9 Å². The van der Waals surface area contributed by atoms with Gasteiger partial charge in [0.25, 0.3) is 0 Å². The first-order chi connectivity index (χ1) is 17.4. The highest BCUT2D eigenvalue weighted by Crippen LogP contribution is 2.34. The van der Waals surface area contributed by atoms with Crippen molar-refractivity contribution in [2.75, 3.05) is 26.7 Å². The molecule has 188 valence electrons. The average molecular weight is 491 g/mol. The molecule has 1 saturated heterocycles. The first kappa shape index (κ1) is 25.6. The SMILES string of the molecule is COc1ccc2nccc(C(O)CC[C@@H]3CCN(CC#Cc4cccc(F)c4)C[C@@H]3CC(=O)O)c2c1. The van der Waals surface area contributed by atoms with E-state index in [-0.39, 0.29) is 24.1 Å². The lowest BCUT2D eigenvalue weighted by molar-refractivity contribution is -0.139. The first-order valence-corrected chi connectivity index (χ1v) is 12.2. The van der Waals surface area contributed by atoms with Crippen LogP contribution >= 0.6 is 0 Å². The normalized spacial score (nSPS) is 18.9. The highest BCUT2D eigenvalue weighted by Gasteiger charge is 2.31. The Bertz CT molecular complexity index is 1270. The van der Waals surface area contributed by atoms with E-state index in [1.54, 1.807) is 25.4 Å². The molecule has 2 aromatic carbocycles. The fraction of sp³-hybridized carbons (Fsp3) is 0.379. The van der Waals surface area contributed by atoms with E-state index in [4.69, 9.17) is 4.74 Å². The number of rotatable bonds is 8. The van der Waals surface area contributed by atoms with Gasteiger partial charge in [0.05, 0.1) is 25.3 Å². The zero-order valence-electron chi connectivity index (χ0n) is 20.4. The summed E-state index contributed by atoms with van der Waals surface area (Å²) in [6, 6.07) is 13.6. The molecule has 6 nitrogen and oxygen atoms in total. The number of methoxy groups -OCH3 is 1. The van der Waals surface area contributed by atoms with E-state index < -0.39 is 12.1 Å². The molecule has 4 rings (SSSR count). The number of nitrogens with zero attached hydrogens (tertiary/aromatic N) is 2. The molecule has 0 radical (unpaired) electrons. The van der Waals surface area contributed by atoms with Gasteiger partial charge in [0.2, 0.25) is 0 Å². The van der Waals surface area contributed by atoms with Gasteiger partial charge < -0.3 is 14.9 Å². The molecular weight excluding hydrogens is 459 g/mol. The molecule has 0 aliphatic carbocycles. The number of ether oxygens (including phenoxy) is 1. The predicted octanol–water partition coefficient (Wildman–Crippen LogP) is 4.66. The van der Waals surface area contributed by atoms with Gasteiger partial charge in [-0.25, -0.2) is 4.39 Å². The van der Waals surface area contributed by atoms with Gasteiger partial charge in [-0.05, 0) is 85.7 Å². The lowest BCUT2D eigenvalue weighted by Gasteiger charge is -2.37. The van der Waals surface area contributed by atoms with Gasteiger partial charge in [-0.15, -0.1) is 0 Å². The number of halogens is 1. The number of aromatic nitrogens is 1. The number of carboxylic acids is 1. The van der Waals surface area contributed by atoms with Crippen molar-refractivity contribution in [3.63, 3.8) is 0 Å². The molecule has 1 aromatic heterocycles. The molecule has 36 heavy (non-hydrogen) atoms. The summed E-state index contributed by atoms with van der Waals surface area (Å²) >= 11 is 0. The van der Waals surface area contributed by atoms with E-state index >= 15 is 0 Å². The van der Waals surface area contributed by atoms with Crippen molar-refractivity contribution in [1.29, 1.82) is 0 Å². The van der Waals surface area contributed by atoms with Crippen LogP contribution in [0.4, 0.5) is 4.39 Å². The van der Waals surface area contributed by atoms with Crippen molar-refractivity contribution < 1.29 is 24.1 Å². The number of aliphatic carboxylic acids is 1. The number of aliphatic hydroxyl groups is 1. The maximum Gasteiger partial charge on any atom is 0.303 e. The molecule has 0 saturated carbocycles. The first-order valence-electron chi connectivity index (χ1n) is 12.2. The number of pyridine rings is 1. The van der Waals surface area contributed by atoms with Crippen molar-refractivity contribution in [2.24, 2.45) is 11.8 Å². The quantitative estimate of drug-likeness (QED) is 0.447. The molecule has 1 aliphatic rings. The fourth-order valence-electron chi connectivity index (χ4n) is 5.05. The predicted molar refractivity (Wildman–Crippen MR) is 136 cm³/mol. The van der Waals surface area contributed by atoms with Crippen LogP contribution in [-0.2, 0) is 4.79 Å². The summed E-state index contributed by atoms with van der Waals surface area (Å²) in [5.41, 5.74) is 2.23. The van der Waals surface area contributed by atoms with Gasteiger partial charge >= 0.3 is 5.97 Å². The monoisotopic (exact) mass is 490 g/mol. The lowest BCUT2D eigenvalue weighted by atomic mass is 9.79. The number of carboxylic acid groups (broad SMARTS) is 1. The Labute approximate surface area is 210 Å². The summed E-state index contributed by atoms with van der Waals surface area (Å²) in [4.78, 5) is 18.1. The van der Waals surface area contributed by atoms with Crippen LogP contribution in [0.3, 0.4) is 0 Å². The number of likely N-dealkylation sites (tertiary alicyclic amines) is 1.